The number of likely N-dealkylation sites (N-methyl/N-ethyl adjacent to an activating group) is 1. The summed E-state index contributed by atoms with van der Waals surface area (Å²) >= 11 is 0. The Kier molecular flexibility index (Phi) is 9.28. The maximum Gasteiger partial charge on any atom is 0.306 e. The van der Waals surface area contributed by atoms with E-state index in [2.05, 4.69) is 23.9 Å². The van der Waals surface area contributed by atoms with Gasteiger partial charge in [-0.1, -0.05) is 20.8 Å². The Morgan fingerprint density at radius 3 is 2.28 bits per heavy atom. The van der Waals surface area contributed by atoms with Gasteiger partial charge in [-0.05, 0) is 19.4 Å². The number of carbonyl (C=O) groups is 2. The molecular weight excluding hydrogens is 232 g/mol. The van der Waals surface area contributed by atoms with Gasteiger partial charge in [-0.2, -0.15) is 0 Å². The fourth-order valence-electron chi connectivity index (χ4n) is 1.67. The molecule has 0 heterocycles. The highest BCUT2D eigenvalue weighted by molar-refractivity contribution is 5.78. The Hall–Kier alpha value is -1.10. The number of hydrogen-bond donors (Lipinski definition) is 1. The molecule has 0 aliphatic carbocycles. The molecule has 106 valence electrons. The summed E-state index contributed by atoms with van der Waals surface area (Å²) in [6.07, 6.45) is 2.20. The zero-order valence-electron chi connectivity index (χ0n) is 12.0. The number of carbonyl (C=O) groups excluding carboxylic acids is 2. The Morgan fingerprint density at radius 1 is 1.22 bits per heavy atom. The van der Waals surface area contributed by atoms with Gasteiger partial charge in [0.15, 0.2) is 0 Å². The molecule has 0 aromatic rings. The molecule has 0 bridgehead atoms. The van der Waals surface area contributed by atoms with Crippen LogP contribution in [0.2, 0.25) is 0 Å². The van der Waals surface area contributed by atoms with Crippen LogP contribution < -0.4 is 5.32 Å². The second-order valence-electron chi connectivity index (χ2n) is 4.28. The smallest absolute Gasteiger partial charge is 0.306 e. The highest BCUT2D eigenvalue weighted by Gasteiger charge is 2.13. The van der Waals surface area contributed by atoms with Crippen LogP contribution in [0, 0.1) is 0 Å². The van der Waals surface area contributed by atoms with E-state index >= 15 is 0 Å². The lowest BCUT2D eigenvalue weighted by Gasteiger charge is -2.21. The van der Waals surface area contributed by atoms with E-state index in [0.29, 0.717) is 19.5 Å². The molecule has 0 aliphatic rings. The zero-order valence-corrected chi connectivity index (χ0v) is 12.0. The molecule has 5 nitrogen and oxygen atoms in total. The molecule has 0 aromatic carbocycles. The van der Waals surface area contributed by atoms with Crippen LogP contribution in [-0.2, 0) is 14.3 Å². The number of amides is 1. The first kappa shape index (κ1) is 16.9. The molecule has 1 N–H and O–H groups in total. The molecule has 0 saturated carbocycles. The van der Waals surface area contributed by atoms with Crippen molar-refractivity contribution in [1.82, 2.24) is 10.2 Å². The normalized spacial score (nSPS) is 10.8. The van der Waals surface area contributed by atoms with E-state index in [9.17, 15) is 9.59 Å². The van der Waals surface area contributed by atoms with Crippen LogP contribution in [0.5, 0.6) is 0 Å². The van der Waals surface area contributed by atoms with E-state index in [0.717, 1.165) is 19.4 Å². The van der Waals surface area contributed by atoms with Crippen molar-refractivity contribution in [2.45, 2.75) is 46.1 Å². The second-order valence-corrected chi connectivity index (χ2v) is 4.28. The minimum atomic E-state index is -0.242. The third-order valence-corrected chi connectivity index (χ3v) is 3.02. The summed E-state index contributed by atoms with van der Waals surface area (Å²) in [4.78, 5) is 24.8. The Labute approximate surface area is 110 Å². The first-order valence-electron chi connectivity index (χ1n) is 6.65. The van der Waals surface area contributed by atoms with Crippen LogP contribution in [-0.4, -0.2) is 49.6 Å². The summed E-state index contributed by atoms with van der Waals surface area (Å²) in [6.45, 7) is 7.73. The van der Waals surface area contributed by atoms with Gasteiger partial charge in [0.2, 0.25) is 5.91 Å². The maximum absolute atomic E-state index is 11.8. The number of nitrogens with zero attached hydrogens (tertiary/aromatic N) is 1. The van der Waals surface area contributed by atoms with E-state index in [4.69, 9.17) is 0 Å². The summed E-state index contributed by atoms with van der Waals surface area (Å²) in [5.74, 6) is -0.218. The lowest BCUT2D eigenvalue weighted by molar-refractivity contribution is -0.141. The van der Waals surface area contributed by atoms with Gasteiger partial charge in [-0.25, -0.2) is 0 Å². The van der Waals surface area contributed by atoms with Crippen LogP contribution in [0.3, 0.4) is 0 Å². The molecule has 0 aliphatic heterocycles. The van der Waals surface area contributed by atoms with Gasteiger partial charge in [0, 0.05) is 12.6 Å². The molecule has 1 amide bonds. The van der Waals surface area contributed by atoms with E-state index < -0.39 is 0 Å². The number of nitrogens with one attached hydrogen (secondary N) is 1. The molecule has 0 fully saturated rings. The summed E-state index contributed by atoms with van der Waals surface area (Å²) in [6, 6.07) is 0.247. The highest BCUT2D eigenvalue weighted by atomic mass is 16.5. The third-order valence-electron chi connectivity index (χ3n) is 3.02. The summed E-state index contributed by atoms with van der Waals surface area (Å²) in [5, 5.41) is 2.99. The van der Waals surface area contributed by atoms with Gasteiger partial charge in [-0.3, -0.25) is 14.5 Å². The van der Waals surface area contributed by atoms with E-state index in [1.165, 1.54) is 7.11 Å². The largest absolute Gasteiger partial charge is 0.469 e. The lowest BCUT2D eigenvalue weighted by atomic mass is 10.2. The molecule has 0 atom stereocenters. The number of ether oxygens (including phenoxy) is 1. The Bertz CT molecular complexity index is 253. The van der Waals surface area contributed by atoms with E-state index in [-0.39, 0.29) is 17.9 Å². The van der Waals surface area contributed by atoms with Gasteiger partial charge in [0.1, 0.15) is 0 Å². The minimum absolute atomic E-state index is 0.0235. The van der Waals surface area contributed by atoms with Crippen LogP contribution in [0.4, 0.5) is 0 Å². The van der Waals surface area contributed by atoms with Crippen molar-refractivity contribution in [3.05, 3.63) is 0 Å². The molecule has 0 unspecified atom stereocenters. The average molecular weight is 258 g/mol. The molecule has 0 radical (unpaired) electrons. The maximum atomic E-state index is 11.8. The number of methoxy groups -OCH3 is 1. The fourth-order valence-corrected chi connectivity index (χ4v) is 1.67. The van der Waals surface area contributed by atoms with Crippen LogP contribution in [0.15, 0.2) is 0 Å². The van der Waals surface area contributed by atoms with E-state index in [1.807, 2.05) is 11.8 Å². The van der Waals surface area contributed by atoms with Crippen molar-refractivity contribution in [3.8, 4) is 0 Å². The van der Waals surface area contributed by atoms with Gasteiger partial charge in [-0.15, -0.1) is 0 Å². The van der Waals surface area contributed by atoms with Gasteiger partial charge in [0.05, 0.1) is 20.1 Å². The number of rotatable bonds is 9. The molecule has 5 heteroatoms. The summed E-state index contributed by atoms with van der Waals surface area (Å²) < 4.78 is 4.58. The van der Waals surface area contributed by atoms with Gasteiger partial charge < -0.3 is 10.1 Å². The topological polar surface area (TPSA) is 58.6 Å². The zero-order chi connectivity index (χ0) is 14.0. The van der Waals surface area contributed by atoms with Crippen molar-refractivity contribution in [2.75, 3.05) is 26.7 Å². The monoisotopic (exact) mass is 258 g/mol. The quantitative estimate of drug-likeness (QED) is 0.631. The Morgan fingerprint density at radius 2 is 1.83 bits per heavy atom. The highest BCUT2D eigenvalue weighted by Crippen LogP contribution is 1.97. The van der Waals surface area contributed by atoms with E-state index in [1.54, 1.807) is 0 Å². The number of hydrogen-bond acceptors (Lipinski definition) is 4. The van der Waals surface area contributed by atoms with Crippen LogP contribution >= 0.6 is 0 Å². The minimum Gasteiger partial charge on any atom is -0.469 e. The summed E-state index contributed by atoms with van der Waals surface area (Å²) in [7, 11) is 1.37. The average Bonchev–Trinajstić information content (AvgIpc) is 2.39. The first-order valence-corrected chi connectivity index (χ1v) is 6.65. The standard InChI is InChI=1S/C13H26N2O3/c1-5-11(6-2)14-12(16)10-15(7-3)9-8-13(17)18-4/h11H,5-10H2,1-4H3,(H,14,16). The fraction of sp³-hybridized carbons (Fsp3) is 0.846. The SMILES string of the molecule is CCC(CC)NC(=O)CN(CC)CCC(=O)OC. The second kappa shape index (κ2) is 9.88. The number of esters is 1. The first-order chi connectivity index (χ1) is 8.57. The van der Waals surface area contributed by atoms with Crippen molar-refractivity contribution >= 4 is 11.9 Å². The molecular formula is C13H26N2O3. The molecule has 18 heavy (non-hydrogen) atoms. The van der Waals surface area contributed by atoms with Gasteiger partial charge >= 0.3 is 5.97 Å². The van der Waals surface area contributed by atoms with Crippen molar-refractivity contribution in [3.63, 3.8) is 0 Å². The predicted molar refractivity (Wildman–Crippen MR) is 71.3 cm³/mol. The molecule has 0 aromatic heterocycles. The van der Waals surface area contributed by atoms with Crippen LogP contribution in [0.25, 0.3) is 0 Å². The molecule has 0 saturated heterocycles. The van der Waals surface area contributed by atoms with Crippen molar-refractivity contribution in [2.24, 2.45) is 0 Å². The van der Waals surface area contributed by atoms with Gasteiger partial charge in [0.25, 0.3) is 0 Å². The Balaban J connectivity index is 4.03. The molecule has 0 rings (SSSR count). The lowest BCUT2D eigenvalue weighted by Crippen LogP contribution is -2.42. The summed E-state index contributed by atoms with van der Waals surface area (Å²) in [5.41, 5.74) is 0. The van der Waals surface area contributed by atoms with Crippen molar-refractivity contribution in [1.29, 1.82) is 0 Å². The third kappa shape index (κ3) is 7.27. The molecule has 0 spiro atoms. The van der Waals surface area contributed by atoms with Crippen molar-refractivity contribution < 1.29 is 14.3 Å². The predicted octanol–water partition coefficient (Wildman–Crippen LogP) is 1.18. The van der Waals surface area contributed by atoms with Crippen LogP contribution in [0.1, 0.15) is 40.0 Å².